The molecule has 0 spiro atoms. The van der Waals surface area contributed by atoms with Crippen LogP contribution >= 0.6 is 0 Å². The number of carbonyl (C=O) groups excluding carboxylic acids is 1. The van der Waals surface area contributed by atoms with E-state index in [1.807, 2.05) is 0 Å². The molecule has 0 heterocycles. The highest BCUT2D eigenvalue weighted by Gasteiger charge is 2.07. The monoisotopic (exact) mass is 194 g/mol. The molecule has 0 fully saturated rings. The lowest BCUT2D eigenvalue weighted by molar-refractivity contribution is 0.0600. The summed E-state index contributed by atoms with van der Waals surface area (Å²) in [5.41, 5.74) is 12.6. The standard InChI is InChI=1S/C10H14N2O2/c1-14-10(13)8-4-2-7(3-5-8)9(12)6-11/h2-5,9H,6,11-12H2,1H3/t9-/m1/s1. The lowest BCUT2D eigenvalue weighted by Crippen LogP contribution is -2.20. The molecular formula is C10H14N2O2. The second-order valence-electron chi connectivity index (χ2n) is 2.96. The van der Waals surface area contributed by atoms with Crippen molar-refractivity contribution in [1.29, 1.82) is 0 Å². The summed E-state index contributed by atoms with van der Waals surface area (Å²) in [6, 6.07) is 6.74. The van der Waals surface area contributed by atoms with Gasteiger partial charge in [-0.2, -0.15) is 0 Å². The van der Waals surface area contributed by atoms with Crippen molar-refractivity contribution >= 4 is 5.97 Å². The van der Waals surface area contributed by atoms with Crippen molar-refractivity contribution in [2.75, 3.05) is 13.7 Å². The summed E-state index contributed by atoms with van der Waals surface area (Å²) in [6.07, 6.45) is 0. The minimum atomic E-state index is -0.349. The summed E-state index contributed by atoms with van der Waals surface area (Å²) >= 11 is 0. The van der Waals surface area contributed by atoms with Gasteiger partial charge in [0, 0.05) is 12.6 Å². The summed E-state index contributed by atoms with van der Waals surface area (Å²) in [6.45, 7) is 0.386. The zero-order chi connectivity index (χ0) is 10.6. The van der Waals surface area contributed by atoms with Crippen LogP contribution in [0.1, 0.15) is 22.0 Å². The van der Waals surface area contributed by atoms with Gasteiger partial charge < -0.3 is 16.2 Å². The highest BCUT2D eigenvalue weighted by molar-refractivity contribution is 5.89. The van der Waals surface area contributed by atoms with Crippen LogP contribution in [0, 0.1) is 0 Å². The quantitative estimate of drug-likeness (QED) is 0.684. The average Bonchev–Trinajstić information content (AvgIpc) is 2.27. The minimum Gasteiger partial charge on any atom is -0.465 e. The molecule has 1 rings (SSSR count). The molecule has 0 saturated carbocycles. The van der Waals surface area contributed by atoms with Gasteiger partial charge in [-0.25, -0.2) is 4.79 Å². The normalized spacial score (nSPS) is 12.2. The van der Waals surface area contributed by atoms with Gasteiger partial charge >= 0.3 is 5.97 Å². The Bertz CT molecular complexity index is 308. The van der Waals surface area contributed by atoms with Crippen molar-refractivity contribution in [3.8, 4) is 0 Å². The summed E-state index contributed by atoms with van der Waals surface area (Å²) in [5, 5.41) is 0. The van der Waals surface area contributed by atoms with Crippen LogP contribution in [-0.4, -0.2) is 19.6 Å². The molecule has 0 amide bonds. The fourth-order valence-electron chi connectivity index (χ4n) is 1.12. The molecule has 0 unspecified atom stereocenters. The van der Waals surface area contributed by atoms with Gasteiger partial charge in [0.05, 0.1) is 12.7 Å². The smallest absolute Gasteiger partial charge is 0.337 e. The highest BCUT2D eigenvalue weighted by Crippen LogP contribution is 2.11. The maximum absolute atomic E-state index is 11.1. The van der Waals surface area contributed by atoms with Gasteiger partial charge in [0.25, 0.3) is 0 Å². The fraction of sp³-hybridized carbons (Fsp3) is 0.300. The SMILES string of the molecule is COC(=O)c1ccc([C@H](N)CN)cc1. The van der Waals surface area contributed by atoms with Crippen LogP contribution in [-0.2, 0) is 4.74 Å². The molecule has 0 saturated heterocycles. The largest absolute Gasteiger partial charge is 0.465 e. The summed E-state index contributed by atoms with van der Waals surface area (Å²) in [4.78, 5) is 11.1. The Morgan fingerprint density at radius 1 is 1.43 bits per heavy atom. The number of rotatable bonds is 3. The molecule has 4 nitrogen and oxygen atoms in total. The number of nitrogens with two attached hydrogens (primary N) is 2. The zero-order valence-corrected chi connectivity index (χ0v) is 8.07. The van der Waals surface area contributed by atoms with Crippen molar-refractivity contribution in [1.82, 2.24) is 0 Å². The first kappa shape index (κ1) is 10.7. The second kappa shape index (κ2) is 4.74. The molecule has 1 atom stereocenters. The zero-order valence-electron chi connectivity index (χ0n) is 8.07. The van der Waals surface area contributed by atoms with Crippen molar-refractivity contribution in [3.63, 3.8) is 0 Å². The molecule has 0 aliphatic rings. The van der Waals surface area contributed by atoms with E-state index in [9.17, 15) is 4.79 Å². The van der Waals surface area contributed by atoms with E-state index in [-0.39, 0.29) is 12.0 Å². The molecule has 1 aromatic carbocycles. The van der Waals surface area contributed by atoms with Crippen LogP contribution in [0.4, 0.5) is 0 Å². The lowest BCUT2D eigenvalue weighted by atomic mass is 10.1. The Kier molecular flexibility index (Phi) is 3.62. The van der Waals surface area contributed by atoms with Crippen molar-refractivity contribution in [3.05, 3.63) is 35.4 Å². The van der Waals surface area contributed by atoms with Crippen LogP contribution in [0.25, 0.3) is 0 Å². The molecule has 4 N–H and O–H groups in total. The topological polar surface area (TPSA) is 78.3 Å². The van der Waals surface area contributed by atoms with Crippen LogP contribution < -0.4 is 11.5 Å². The van der Waals surface area contributed by atoms with E-state index in [1.165, 1.54) is 7.11 Å². The molecule has 0 aliphatic heterocycles. The summed E-state index contributed by atoms with van der Waals surface area (Å²) in [5.74, 6) is -0.349. The number of hydrogen-bond acceptors (Lipinski definition) is 4. The van der Waals surface area contributed by atoms with Gasteiger partial charge in [-0.3, -0.25) is 0 Å². The second-order valence-corrected chi connectivity index (χ2v) is 2.96. The van der Waals surface area contributed by atoms with Gasteiger partial charge in [0.15, 0.2) is 0 Å². The van der Waals surface area contributed by atoms with Gasteiger partial charge in [0.1, 0.15) is 0 Å². The molecule has 0 aromatic heterocycles. The predicted octanol–water partition coefficient (Wildman–Crippen LogP) is 0.432. The molecule has 4 heteroatoms. The van der Waals surface area contributed by atoms with E-state index in [0.29, 0.717) is 12.1 Å². The van der Waals surface area contributed by atoms with Crippen LogP contribution in [0.5, 0.6) is 0 Å². The molecular weight excluding hydrogens is 180 g/mol. The Morgan fingerprint density at radius 3 is 2.43 bits per heavy atom. The fourth-order valence-corrected chi connectivity index (χ4v) is 1.12. The third-order valence-corrected chi connectivity index (χ3v) is 2.01. The Morgan fingerprint density at radius 2 is 2.00 bits per heavy atom. The number of carbonyl (C=O) groups is 1. The minimum absolute atomic E-state index is 0.179. The first-order chi connectivity index (χ1) is 6.69. The molecule has 0 aliphatic carbocycles. The van der Waals surface area contributed by atoms with Crippen molar-refractivity contribution in [2.24, 2.45) is 11.5 Å². The molecule has 14 heavy (non-hydrogen) atoms. The average molecular weight is 194 g/mol. The number of benzene rings is 1. The first-order valence-electron chi connectivity index (χ1n) is 4.33. The molecule has 76 valence electrons. The van der Waals surface area contributed by atoms with Gasteiger partial charge in [-0.05, 0) is 17.7 Å². The molecule has 0 bridgehead atoms. The van der Waals surface area contributed by atoms with Crippen LogP contribution in [0.2, 0.25) is 0 Å². The number of hydrogen-bond donors (Lipinski definition) is 2. The number of methoxy groups -OCH3 is 1. The van der Waals surface area contributed by atoms with E-state index in [0.717, 1.165) is 5.56 Å². The maximum Gasteiger partial charge on any atom is 0.337 e. The Hall–Kier alpha value is -1.39. The van der Waals surface area contributed by atoms with Gasteiger partial charge in [0.2, 0.25) is 0 Å². The van der Waals surface area contributed by atoms with E-state index < -0.39 is 0 Å². The van der Waals surface area contributed by atoms with Crippen molar-refractivity contribution < 1.29 is 9.53 Å². The van der Waals surface area contributed by atoms with Gasteiger partial charge in [-0.15, -0.1) is 0 Å². The third kappa shape index (κ3) is 2.31. The van der Waals surface area contributed by atoms with E-state index in [2.05, 4.69) is 4.74 Å². The summed E-state index contributed by atoms with van der Waals surface area (Å²) < 4.78 is 4.57. The van der Waals surface area contributed by atoms with Crippen LogP contribution in [0.3, 0.4) is 0 Å². The maximum atomic E-state index is 11.1. The summed E-state index contributed by atoms with van der Waals surface area (Å²) in [7, 11) is 1.35. The van der Waals surface area contributed by atoms with E-state index >= 15 is 0 Å². The Labute approximate surface area is 82.8 Å². The number of ether oxygens (including phenoxy) is 1. The molecule has 1 aromatic rings. The number of esters is 1. The van der Waals surface area contributed by atoms with Gasteiger partial charge in [-0.1, -0.05) is 12.1 Å². The predicted molar refractivity (Wildman–Crippen MR) is 53.8 cm³/mol. The molecule has 0 radical (unpaired) electrons. The lowest BCUT2D eigenvalue weighted by Gasteiger charge is -2.08. The van der Waals surface area contributed by atoms with E-state index in [1.54, 1.807) is 24.3 Å². The van der Waals surface area contributed by atoms with Crippen molar-refractivity contribution in [2.45, 2.75) is 6.04 Å². The first-order valence-corrected chi connectivity index (χ1v) is 4.33. The van der Waals surface area contributed by atoms with Crippen LogP contribution in [0.15, 0.2) is 24.3 Å². The highest BCUT2D eigenvalue weighted by atomic mass is 16.5. The van der Waals surface area contributed by atoms with E-state index in [4.69, 9.17) is 11.5 Å². The Balaban J connectivity index is 2.83. The third-order valence-electron chi connectivity index (χ3n) is 2.01.